The Morgan fingerprint density at radius 1 is 1.29 bits per heavy atom. The van der Waals surface area contributed by atoms with Gasteiger partial charge in [-0.05, 0) is 11.6 Å². The Kier molecular flexibility index (Phi) is 3.11. The van der Waals surface area contributed by atoms with Crippen molar-refractivity contribution in [3.8, 4) is 0 Å². The smallest absolute Gasteiger partial charge is 0.0457 e. The van der Waals surface area contributed by atoms with E-state index in [1.807, 2.05) is 6.07 Å². The maximum atomic E-state index is 4.16. The molecule has 1 aromatic heterocycles. The summed E-state index contributed by atoms with van der Waals surface area (Å²) in [6, 6.07) is 8.35. The zero-order valence-corrected chi connectivity index (χ0v) is 8.85. The van der Waals surface area contributed by atoms with E-state index < -0.39 is 0 Å². The van der Waals surface area contributed by atoms with Gasteiger partial charge in [0.05, 0.1) is 0 Å². The zero-order chi connectivity index (χ0) is 9.80. The molecular formula is C11H14N2S. The molecule has 0 bridgehead atoms. The van der Waals surface area contributed by atoms with Crippen molar-refractivity contribution < 1.29 is 0 Å². The molecule has 0 aliphatic heterocycles. The summed E-state index contributed by atoms with van der Waals surface area (Å²) in [5, 5.41) is 4.64. The molecule has 2 nitrogen and oxygen atoms in total. The molecule has 74 valence electrons. The van der Waals surface area contributed by atoms with Crippen LogP contribution in [0.25, 0.3) is 10.9 Å². The molecule has 2 aromatic rings. The van der Waals surface area contributed by atoms with Gasteiger partial charge in [0.25, 0.3) is 0 Å². The largest absolute Gasteiger partial charge is 0.361 e. The van der Waals surface area contributed by atoms with Crippen molar-refractivity contribution in [2.24, 2.45) is 0 Å². The number of thiol groups is 1. The van der Waals surface area contributed by atoms with Gasteiger partial charge in [-0.3, -0.25) is 0 Å². The van der Waals surface area contributed by atoms with Crippen LogP contribution in [0, 0.1) is 0 Å². The van der Waals surface area contributed by atoms with Crippen molar-refractivity contribution in [3.63, 3.8) is 0 Å². The normalized spacial score (nSPS) is 10.9. The topological polar surface area (TPSA) is 27.8 Å². The molecule has 0 unspecified atom stereocenters. The van der Waals surface area contributed by atoms with Gasteiger partial charge >= 0.3 is 0 Å². The van der Waals surface area contributed by atoms with Crippen LogP contribution in [0.4, 0.5) is 0 Å². The van der Waals surface area contributed by atoms with Crippen LogP contribution >= 0.6 is 12.6 Å². The van der Waals surface area contributed by atoms with Gasteiger partial charge in [0.1, 0.15) is 0 Å². The number of nitrogens with one attached hydrogen (secondary N) is 2. The van der Waals surface area contributed by atoms with E-state index in [9.17, 15) is 0 Å². The Bertz CT molecular complexity index is 408. The van der Waals surface area contributed by atoms with Crippen LogP contribution in [-0.2, 0) is 6.54 Å². The van der Waals surface area contributed by atoms with E-state index in [4.69, 9.17) is 0 Å². The lowest BCUT2D eigenvalue weighted by atomic mass is 10.2. The Morgan fingerprint density at radius 2 is 2.14 bits per heavy atom. The van der Waals surface area contributed by atoms with Gasteiger partial charge in [-0.1, -0.05) is 18.2 Å². The van der Waals surface area contributed by atoms with E-state index in [0.717, 1.165) is 18.8 Å². The zero-order valence-electron chi connectivity index (χ0n) is 7.96. The fourth-order valence-corrected chi connectivity index (χ4v) is 1.74. The minimum absolute atomic E-state index is 0.877. The van der Waals surface area contributed by atoms with Crippen LogP contribution < -0.4 is 5.32 Å². The third kappa shape index (κ3) is 1.94. The van der Waals surface area contributed by atoms with Gasteiger partial charge in [-0.2, -0.15) is 12.6 Å². The molecule has 0 fully saturated rings. The maximum Gasteiger partial charge on any atom is 0.0457 e. The molecule has 2 N–H and O–H groups in total. The van der Waals surface area contributed by atoms with E-state index >= 15 is 0 Å². The Hall–Kier alpha value is -0.930. The number of para-hydroxylation sites is 1. The average Bonchev–Trinajstić information content (AvgIpc) is 2.63. The first kappa shape index (κ1) is 9.62. The summed E-state index contributed by atoms with van der Waals surface area (Å²) in [4.78, 5) is 3.26. The third-order valence-electron chi connectivity index (χ3n) is 2.28. The predicted molar refractivity (Wildman–Crippen MR) is 63.9 cm³/mol. The standard InChI is InChI=1S/C11H14N2S/c14-6-5-12-7-9-8-13-11-4-2-1-3-10(9)11/h1-4,8,12-14H,5-7H2. The second kappa shape index (κ2) is 4.53. The fourth-order valence-electron chi connectivity index (χ4n) is 1.58. The predicted octanol–water partition coefficient (Wildman–Crippen LogP) is 2.19. The average molecular weight is 206 g/mol. The minimum Gasteiger partial charge on any atom is -0.361 e. The number of H-pyrrole nitrogens is 1. The van der Waals surface area contributed by atoms with Crippen LogP contribution in [0.3, 0.4) is 0 Å². The number of aromatic amines is 1. The van der Waals surface area contributed by atoms with Crippen LogP contribution in [-0.4, -0.2) is 17.3 Å². The molecule has 14 heavy (non-hydrogen) atoms. The number of fused-ring (bicyclic) bond motifs is 1. The Morgan fingerprint density at radius 3 is 3.00 bits per heavy atom. The van der Waals surface area contributed by atoms with E-state index in [1.165, 1.54) is 16.5 Å². The monoisotopic (exact) mass is 206 g/mol. The van der Waals surface area contributed by atoms with Crippen molar-refractivity contribution in [1.82, 2.24) is 10.3 Å². The summed E-state index contributed by atoms with van der Waals surface area (Å²) >= 11 is 4.16. The van der Waals surface area contributed by atoms with Crippen molar-refractivity contribution >= 4 is 23.5 Å². The summed E-state index contributed by atoms with van der Waals surface area (Å²) in [5.41, 5.74) is 2.53. The SMILES string of the molecule is SCCNCc1c[nH]c2ccccc12. The molecule has 1 aromatic carbocycles. The van der Waals surface area contributed by atoms with Crippen molar-refractivity contribution in [3.05, 3.63) is 36.0 Å². The molecule has 0 atom stereocenters. The molecule has 0 saturated heterocycles. The van der Waals surface area contributed by atoms with Crippen LogP contribution in [0.1, 0.15) is 5.56 Å². The van der Waals surface area contributed by atoms with Crippen molar-refractivity contribution in [2.75, 3.05) is 12.3 Å². The summed E-state index contributed by atoms with van der Waals surface area (Å²) in [7, 11) is 0. The summed E-state index contributed by atoms with van der Waals surface area (Å²) in [6.07, 6.45) is 2.07. The van der Waals surface area contributed by atoms with Gasteiger partial charge in [-0.25, -0.2) is 0 Å². The molecule has 0 amide bonds. The van der Waals surface area contributed by atoms with Crippen LogP contribution in [0.15, 0.2) is 30.5 Å². The van der Waals surface area contributed by atoms with Gasteiger partial charge in [0.15, 0.2) is 0 Å². The molecule has 0 radical (unpaired) electrons. The van der Waals surface area contributed by atoms with E-state index in [-0.39, 0.29) is 0 Å². The third-order valence-corrected chi connectivity index (χ3v) is 2.50. The van der Waals surface area contributed by atoms with E-state index in [2.05, 4.69) is 47.3 Å². The highest BCUT2D eigenvalue weighted by molar-refractivity contribution is 7.80. The number of benzene rings is 1. The molecule has 0 aliphatic rings. The molecule has 0 spiro atoms. The summed E-state index contributed by atoms with van der Waals surface area (Å²) < 4.78 is 0. The first-order valence-electron chi connectivity index (χ1n) is 4.78. The molecule has 2 rings (SSSR count). The van der Waals surface area contributed by atoms with Crippen LogP contribution in [0.5, 0.6) is 0 Å². The molecular weight excluding hydrogens is 192 g/mol. The number of aromatic nitrogens is 1. The Balaban J connectivity index is 2.17. The number of hydrogen-bond acceptors (Lipinski definition) is 2. The maximum absolute atomic E-state index is 4.16. The lowest BCUT2D eigenvalue weighted by Crippen LogP contribution is -2.15. The van der Waals surface area contributed by atoms with Crippen LogP contribution in [0.2, 0.25) is 0 Å². The molecule has 3 heteroatoms. The van der Waals surface area contributed by atoms with Crippen molar-refractivity contribution in [2.45, 2.75) is 6.54 Å². The highest BCUT2D eigenvalue weighted by Gasteiger charge is 2.00. The van der Waals surface area contributed by atoms with Gasteiger partial charge in [0.2, 0.25) is 0 Å². The van der Waals surface area contributed by atoms with E-state index in [0.29, 0.717) is 0 Å². The van der Waals surface area contributed by atoms with Crippen molar-refractivity contribution in [1.29, 1.82) is 0 Å². The lowest BCUT2D eigenvalue weighted by Gasteiger charge is -2.00. The lowest BCUT2D eigenvalue weighted by molar-refractivity contribution is 0.736. The number of rotatable bonds is 4. The first-order valence-corrected chi connectivity index (χ1v) is 5.41. The highest BCUT2D eigenvalue weighted by atomic mass is 32.1. The van der Waals surface area contributed by atoms with Gasteiger partial charge < -0.3 is 10.3 Å². The van der Waals surface area contributed by atoms with Gasteiger partial charge in [0, 0.05) is 35.9 Å². The molecule has 0 saturated carbocycles. The number of hydrogen-bond donors (Lipinski definition) is 3. The molecule has 1 heterocycles. The fraction of sp³-hybridized carbons (Fsp3) is 0.273. The minimum atomic E-state index is 0.877. The second-order valence-electron chi connectivity index (χ2n) is 3.26. The van der Waals surface area contributed by atoms with E-state index in [1.54, 1.807) is 0 Å². The molecule has 0 aliphatic carbocycles. The Labute approximate surface area is 89.1 Å². The first-order chi connectivity index (χ1) is 6.92. The quantitative estimate of drug-likeness (QED) is 0.519. The van der Waals surface area contributed by atoms with Gasteiger partial charge in [-0.15, -0.1) is 0 Å². The summed E-state index contributed by atoms with van der Waals surface area (Å²) in [6.45, 7) is 1.85. The highest BCUT2D eigenvalue weighted by Crippen LogP contribution is 2.16. The second-order valence-corrected chi connectivity index (χ2v) is 3.71. The summed E-state index contributed by atoms with van der Waals surface area (Å²) in [5.74, 6) is 0.877.